The number of aromatic nitrogens is 3. The lowest BCUT2D eigenvalue weighted by molar-refractivity contribution is -0.123. The van der Waals surface area contributed by atoms with Crippen LogP contribution in [0.4, 0.5) is 17.1 Å². The lowest BCUT2D eigenvalue weighted by Crippen LogP contribution is -2.34. The summed E-state index contributed by atoms with van der Waals surface area (Å²) in [7, 11) is 0. The van der Waals surface area contributed by atoms with Crippen molar-refractivity contribution in [2.45, 2.75) is 144 Å². The molecule has 1 unspecified atom stereocenters. The van der Waals surface area contributed by atoms with E-state index < -0.39 is 6.10 Å². The van der Waals surface area contributed by atoms with Crippen LogP contribution in [0.25, 0.3) is 11.4 Å². The molecule has 1 aliphatic rings. The zero-order chi connectivity index (χ0) is 44.5. The lowest BCUT2D eigenvalue weighted by Gasteiger charge is -2.31. The van der Waals surface area contributed by atoms with Gasteiger partial charge in [0.1, 0.15) is 11.5 Å². The summed E-state index contributed by atoms with van der Waals surface area (Å²) < 4.78 is 6.73. The van der Waals surface area contributed by atoms with Gasteiger partial charge in [0.05, 0.1) is 30.5 Å². The molecule has 11 heteroatoms. The Balaban J connectivity index is 1.39. The van der Waals surface area contributed by atoms with E-state index in [9.17, 15) is 9.90 Å². The highest BCUT2D eigenvalue weighted by molar-refractivity contribution is 6.50. The fraction of sp³-hybridized carbons (Fsp3) is 0.520. The van der Waals surface area contributed by atoms with Crippen LogP contribution in [0.3, 0.4) is 0 Å². The van der Waals surface area contributed by atoms with Crippen molar-refractivity contribution in [3.05, 3.63) is 83.2 Å². The maximum absolute atomic E-state index is 14.1. The summed E-state index contributed by atoms with van der Waals surface area (Å²) in [6.45, 7) is 24.9. The number of rotatable bonds is 20. The lowest BCUT2D eigenvalue weighted by atomic mass is 9.76. The molecule has 1 aliphatic heterocycles. The van der Waals surface area contributed by atoms with Crippen LogP contribution in [0.1, 0.15) is 143 Å². The Morgan fingerprint density at radius 3 is 2.28 bits per heavy atom. The van der Waals surface area contributed by atoms with Gasteiger partial charge in [-0.05, 0) is 103 Å². The van der Waals surface area contributed by atoms with Crippen molar-refractivity contribution in [3.8, 4) is 23.2 Å². The Kier molecular flexibility index (Phi) is 15.3. The third-order valence-electron chi connectivity index (χ3n) is 12.1. The number of carbonyl (C=O) groups is 1. The van der Waals surface area contributed by atoms with Crippen LogP contribution < -0.4 is 15.0 Å². The van der Waals surface area contributed by atoms with E-state index in [-0.39, 0.29) is 28.8 Å². The molecule has 326 valence electrons. The molecule has 0 bridgehead atoms. The summed E-state index contributed by atoms with van der Waals surface area (Å²) in [4.78, 5) is 27.7. The summed E-state index contributed by atoms with van der Waals surface area (Å²) in [5, 5.41) is 31.5. The maximum Gasteiger partial charge on any atom is 0.265 e. The fourth-order valence-corrected chi connectivity index (χ4v) is 7.31. The van der Waals surface area contributed by atoms with Crippen molar-refractivity contribution in [1.82, 2.24) is 14.9 Å². The molecule has 1 aromatic heterocycles. The van der Waals surface area contributed by atoms with Gasteiger partial charge in [0, 0.05) is 41.0 Å². The fourth-order valence-electron chi connectivity index (χ4n) is 7.31. The van der Waals surface area contributed by atoms with Gasteiger partial charge in [0.2, 0.25) is 5.82 Å². The van der Waals surface area contributed by atoms with E-state index >= 15 is 0 Å². The zero-order valence-corrected chi connectivity index (χ0v) is 38.5. The Morgan fingerprint density at radius 2 is 1.66 bits per heavy atom. The number of ether oxygens (including phenoxy) is 1. The number of hydrogen-bond donors (Lipinski definition) is 2. The molecule has 0 radical (unpaired) electrons. The van der Waals surface area contributed by atoms with Crippen LogP contribution in [-0.2, 0) is 15.6 Å². The summed E-state index contributed by atoms with van der Waals surface area (Å²) in [5.74, 6) is 1.66. The number of nitriles is 1. The third kappa shape index (κ3) is 11.3. The second-order valence-electron chi connectivity index (χ2n) is 18.6. The number of anilines is 2. The van der Waals surface area contributed by atoms with E-state index in [0.29, 0.717) is 49.0 Å². The predicted octanol–water partition coefficient (Wildman–Crippen LogP) is 11.1. The Bertz CT molecular complexity index is 2240. The second-order valence-corrected chi connectivity index (χ2v) is 18.6. The number of aliphatic hydroxyl groups is 1. The largest absolute Gasteiger partial charge is 0.480 e. The molecular weight excluding hydrogens is 761 g/mol. The molecule has 3 aromatic carbocycles. The smallest absolute Gasteiger partial charge is 0.265 e. The highest BCUT2D eigenvalue weighted by atomic mass is 16.5. The molecule has 0 fully saturated rings. The van der Waals surface area contributed by atoms with Gasteiger partial charge in [-0.1, -0.05) is 101 Å². The number of fused-ring (bicyclic) bond motifs is 1. The molecule has 61 heavy (non-hydrogen) atoms. The molecule has 5 rings (SSSR count). The molecule has 0 spiro atoms. The average Bonchev–Trinajstić information content (AvgIpc) is 3.81. The minimum Gasteiger partial charge on any atom is -0.480 e. The molecule has 0 aliphatic carbocycles. The van der Waals surface area contributed by atoms with Gasteiger partial charge in [-0.2, -0.15) is 10.4 Å². The number of aliphatic imine (C=N–C) groups is 1. The van der Waals surface area contributed by atoms with Crippen molar-refractivity contribution in [2.24, 2.45) is 15.5 Å². The first-order valence-electron chi connectivity index (χ1n) is 22.2. The molecule has 2 N–H and O–H groups in total. The number of carbonyl (C=O) groups excluding carboxylic acids is 1. The van der Waals surface area contributed by atoms with Crippen LogP contribution >= 0.6 is 0 Å². The van der Waals surface area contributed by atoms with Crippen LogP contribution in [0, 0.1) is 23.7 Å². The van der Waals surface area contributed by atoms with E-state index in [0.717, 1.165) is 78.1 Å². The number of nitrogens with zero attached hydrogens (tertiary/aromatic N) is 7. The highest BCUT2D eigenvalue weighted by Gasteiger charge is 2.35. The van der Waals surface area contributed by atoms with Crippen LogP contribution in [0.5, 0.6) is 5.75 Å². The monoisotopic (exact) mass is 829 g/mol. The van der Waals surface area contributed by atoms with E-state index in [4.69, 9.17) is 30.2 Å². The SMILES string of the molecule is CCCCCCC(Oc1ccc(C(C)(C)CC)cc1C(C)(C)CC)C(=O)Nc1ccc(-c2nc3n(n2)N=C(C(C)(C)C)C3=Nc2ccc(N(CCO)CCC#N)cc2C)cc1. The summed E-state index contributed by atoms with van der Waals surface area (Å²) in [6.07, 6.45) is 6.48. The molecule has 1 atom stereocenters. The number of amides is 1. The van der Waals surface area contributed by atoms with Gasteiger partial charge in [0.15, 0.2) is 11.9 Å². The Hall–Kier alpha value is -5.34. The van der Waals surface area contributed by atoms with E-state index in [1.165, 1.54) is 5.56 Å². The minimum atomic E-state index is -0.652. The van der Waals surface area contributed by atoms with E-state index in [2.05, 4.69) is 98.8 Å². The molecule has 1 amide bonds. The second kappa shape index (κ2) is 20.0. The topological polar surface area (TPSA) is 141 Å². The molecule has 0 saturated heterocycles. The van der Waals surface area contributed by atoms with Crippen LogP contribution in [-0.4, -0.2) is 63.1 Å². The normalized spacial score (nSPS) is 14.1. The third-order valence-corrected chi connectivity index (χ3v) is 12.1. The van der Waals surface area contributed by atoms with Gasteiger partial charge < -0.3 is 20.1 Å². The van der Waals surface area contributed by atoms with Crippen molar-refractivity contribution in [1.29, 1.82) is 5.26 Å². The van der Waals surface area contributed by atoms with Gasteiger partial charge in [-0.25, -0.2) is 9.98 Å². The van der Waals surface area contributed by atoms with Crippen LogP contribution in [0.2, 0.25) is 0 Å². The first kappa shape index (κ1) is 46.7. The first-order valence-corrected chi connectivity index (χ1v) is 22.2. The Labute approximate surface area is 364 Å². The summed E-state index contributed by atoms with van der Waals surface area (Å²) >= 11 is 0. The number of aryl methyl sites for hydroxylation is 1. The van der Waals surface area contributed by atoms with Gasteiger partial charge >= 0.3 is 0 Å². The molecular formula is C50H68N8O3. The van der Waals surface area contributed by atoms with Crippen molar-refractivity contribution in [2.75, 3.05) is 29.9 Å². The van der Waals surface area contributed by atoms with Crippen molar-refractivity contribution >= 4 is 34.4 Å². The standard InChI is InChI=1S/C50H68N8O3/c1-12-15-16-17-19-42(61-41-27-22-36(49(8,9)13-2)33-39(41)50(10,11)14-3)47(60)52-37-23-20-35(21-24-37)45-54-46-43(44(48(5,6)7)55-58(46)56-45)53-40-26-25-38(32-34(40)4)57(30-31-59)29-18-28-51/h20-27,32-33,42,59H,12-19,29-31H2,1-11H3,(H,52,60). The number of benzene rings is 3. The quantitative estimate of drug-likeness (QED) is 0.0845. The summed E-state index contributed by atoms with van der Waals surface area (Å²) in [6, 6.07) is 22.2. The van der Waals surface area contributed by atoms with E-state index in [1.54, 1.807) is 4.79 Å². The highest BCUT2D eigenvalue weighted by Crippen LogP contribution is 2.39. The Morgan fingerprint density at radius 1 is 0.934 bits per heavy atom. The molecule has 11 nitrogen and oxygen atoms in total. The van der Waals surface area contributed by atoms with E-state index in [1.807, 2.05) is 54.3 Å². The summed E-state index contributed by atoms with van der Waals surface area (Å²) in [5.41, 5.74) is 7.51. The number of unbranched alkanes of at least 4 members (excludes halogenated alkanes) is 3. The van der Waals surface area contributed by atoms with Crippen LogP contribution in [0.15, 0.2) is 70.8 Å². The van der Waals surface area contributed by atoms with Gasteiger partial charge in [-0.15, -0.1) is 9.89 Å². The molecule has 2 heterocycles. The average molecular weight is 829 g/mol. The van der Waals surface area contributed by atoms with Crippen molar-refractivity contribution < 1.29 is 14.6 Å². The minimum absolute atomic E-state index is 0.00389. The maximum atomic E-state index is 14.1. The predicted molar refractivity (Wildman–Crippen MR) is 250 cm³/mol. The molecule has 0 saturated carbocycles. The first-order chi connectivity index (χ1) is 29.0. The number of nitrogens with one attached hydrogen (secondary N) is 1. The molecule has 4 aromatic rings. The van der Waals surface area contributed by atoms with Crippen molar-refractivity contribution in [3.63, 3.8) is 0 Å². The number of hydrogen-bond acceptors (Lipinski definition) is 9. The zero-order valence-electron chi connectivity index (χ0n) is 38.5. The number of aliphatic hydroxyl groups excluding tert-OH is 1. The van der Waals surface area contributed by atoms with Gasteiger partial charge in [-0.3, -0.25) is 4.79 Å². The van der Waals surface area contributed by atoms with Gasteiger partial charge in [0.25, 0.3) is 5.91 Å².